The van der Waals surface area contributed by atoms with E-state index in [1.165, 1.54) is 4.90 Å². The number of aryl methyl sites for hydroxylation is 1. The van der Waals surface area contributed by atoms with Gasteiger partial charge in [0, 0.05) is 16.9 Å². The lowest BCUT2D eigenvalue weighted by Crippen LogP contribution is -1.90. The summed E-state index contributed by atoms with van der Waals surface area (Å²) in [6.45, 7) is 3.76. The van der Waals surface area contributed by atoms with Crippen molar-refractivity contribution < 1.29 is 9.32 Å². The van der Waals surface area contributed by atoms with Crippen molar-refractivity contribution in [3.05, 3.63) is 60.4 Å². The van der Waals surface area contributed by atoms with Crippen molar-refractivity contribution in [2.45, 2.75) is 25.2 Å². The summed E-state index contributed by atoms with van der Waals surface area (Å²) in [7, 11) is 1.91. The zero-order valence-corrected chi connectivity index (χ0v) is 15.5. The van der Waals surface area contributed by atoms with Crippen molar-refractivity contribution in [2.24, 2.45) is 0 Å². The van der Waals surface area contributed by atoms with Crippen molar-refractivity contribution >= 4 is 18.2 Å². The fourth-order valence-electron chi connectivity index (χ4n) is 2.31. The zero-order chi connectivity index (χ0) is 18.1. The molecule has 0 saturated heterocycles. The number of rotatable bonds is 5. The normalized spacial score (nSPS) is 10.0. The lowest BCUT2D eigenvalue weighted by molar-refractivity contribution is -0.107. The average Bonchev–Trinajstić information content (AvgIpc) is 3.05. The minimum Gasteiger partial charge on any atom is -0.360 e. The molecule has 0 amide bonds. The smallest absolute Gasteiger partial charge is 0.142 e. The molecule has 0 aliphatic carbocycles. The highest BCUT2D eigenvalue weighted by Gasteiger charge is 2.16. The van der Waals surface area contributed by atoms with Crippen molar-refractivity contribution in [1.82, 2.24) is 9.88 Å². The molecule has 1 N–H and O–H groups in total. The van der Waals surface area contributed by atoms with Crippen LogP contribution in [-0.2, 0) is 4.79 Å². The predicted octanol–water partition coefficient (Wildman–Crippen LogP) is 5.14. The Hall–Kier alpha value is -2.37. The van der Waals surface area contributed by atoms with E-state index in [9.17, 15) is 4.79 Å². The zero-order valence-electron chi connectivity index (χ0n) is 14.7. The number of carbonyl (C=O) groups is 1. The fourth-order valence-corrected chi connectivity index (χ4v) is 2.82. The number of benzene rings is 2. The molecule has 3 aromatic rings. The summed E-state index contributed by atoms with van der Waals surface area (Å²) in [4.78, 5) is 10.4. The second kappa shape index (κ2) is 9.81. The van der Waals surface area contributed by atoms with E-state index in [0.29, 0.717) is 6.42 Å². The number of carbonyl (C=O) groups excluding carboxylic acids is 1. The number of aromatic nitrogens is 1. The van der Waals surface area contributed by atoms with E-state index < -0.39 is 0 Å². The highest BCUT2D eigenvalue weighted by Crippen LogP contribution is 2.34. The van der Waals surface area contributed by atoms with Crippen LogP contribution in [-0.4, -0.2) is 18.5 Å². The third kappa shape index (κ3) is 5.05. The van der Waals surface area contributed by atoms with E-state index in [1.54, 1.807) is 11.9 Å². The molecule has 130 valence electrons. The van der Waals surface area contributed by atoms with E-state index in [4.69, 9.17) is 4.52 Å². The highest BCUT2D eigenvalue weighted by molar-refractivity contribution is 7.97. The SMILES string of the molecule is CCC=O.CNSc1ccc(-c2c(-c3ccccc3)noc2C)cc1. The van der Waals surface area contributed by atoms with Gasteiger partial charge in [-0.05, 0) is 43.6 Å². The monoisotopic (exact) mass is 354 g/mol. The Bertz CT molecular complexity index is 783. The standard InChI is InChI=1S/C17H16N2OS.C3H6O/c1-12-16(13-8-10-15(11-9-13)21-18-2)17(19-20-12)14-6-4-3-5-7-14;1-2-3-4/h3-11,18H,1-2H3;3H,2H2,1H3. The first-order valence-electron chi connectivity index (χ1n) is 8.10. The van der Waals surface area contributed by atoms with Gasteiger partial charge >= 0.3 is 0 Å². The van der Waals surface area contributed by atoms with Gasteiger partial charge in [-0.3, -0.25) is 4.72 Å². The molecule has 0 fully saturated rings. The van der Waals surface area contributed by atoms with Gasteiger partial charge in [0.2, 0.25) is 0 Å². The van der Waals surface area contributed by atoms with Crippen molar-refractivity contribution in [1.29, 1.82) is 0 Å². The topological polar surface area (TPSA) is 55.1 Å². The van der Waals surface area contributed by atoms with Crippen molar-refractivity contribution in [3.8, 4) is 22.4 Å². The number of nitrogens with zero attached hydrogens (tertiary/aromatic N) is 1. The Balaban J connectivity index is 0.000000511. The lowest BCUT2D eigenvalue weighted by Gasteiger charge is -2.05. The molecule has 0 atom stereocenters. The van der Waals surface area contributed by atoms with E-state index in [2.05, 4.69) is 34.1 Å². The molecule has 0 saturated carbocycles. The minimum absolute atomic E-state index is 0.639. The van der Waals surface area contributed by atoms with Crippen LogP contribution >= 0.6 is 11.9 Å². The first-order valence-corrected chi connectivity index (χ1v) is 8.92. The Labute approximate surface area is 152 Å². The minimum atomic E-state index is 0.639. The van der Waals surface area contributed by atoms with Crippen LogP contribution in [0.4, 0.5) is 0 Å². The summed E-state index contributed by atoms with van der Waals surface area (Å²) in [5.41, 5.74) is 4.13. The van der Waals surface area contributed by atoms with Gasteiger partial charge in [-0.25, -0.2) is 0 Å². The lowest BCUT2D eigenvalue weighted by atomic mass is 10.00. The van der Waals surface area contributed by atoms with Gasteiger partial charge < -0.3 is 9.32 Å². The summed E-state index contributed by atoms with van der Waals surface area (Å²) in [5, 5.41) is 4.23. The van der Waals surface area contributed by atoms with Gasteiger partial charge in [0.05, 0.1) is 5.56 Å². The van der Waals surface area contributed by atoms with E-state index in [1.807, 2.05) is 51.2 Å². The molecule has 1 heterocycles. The maximum atomic E-state index is 9.17. The van der Waals surface area contributed by atoms with Gasteiger partial charge in [0.25, 0.3) is 0 Å². The molecule has 4 nitrogen and oxygen atoms in total. The van der Waals surface area contributed by atoms with Crippen molar-refractivity contribution in [2.75, 3.05) is 7.05 Å². The predicted molar refractivity (Wildman–Crippen MR) is 103 cm³/mol. The van der Waals surface area contributed by atoms with Crippen molar-refractivity contribution in [3.63, 3.8) is 0 Å². The first kappa shape index (κ1) is 19.0. The Kier molecular flexibility index (Phi) is 7.44. The summed E-state index contributed by atoms with van der Waals surface area (Å²) in [5.74, 6) is 0.836. The van der Waals surface area contributed by atoms with Gasteiger partial charge in [-0.1, -0.05) is 54.5 Å². The summed E-state index contributed by atoms with van der Waals surface area (Å²) in [6.07, 6.45) is 1.51. The second-order valence-corrected chi connectivity index (χ2v) is 6.32. The molecule has 0 radical (unpaired) electrons. The van der Waals surface area contributed by atoms with Gasteiger partial charge in [-0.2, -0.15) is 0 Å². The molecule has 0 bridgehead atoms. The highest BCUT2D eigenvalue weighted by atomic mass is 32.2. The van der Waals surface area contributed by atoms with Crippen LogP contribution in [0, 0.1) is 6.92 Å². The van der Waals surface area contributed by atoms with Crippen LogP contribution < -0.4 is 4.72 Å². The number of hydrogen-bond acceptors (Lipinski definition) is 5. The van der Waals surface area contributed by atoms with E-state index in [0.717, 1.165) is 34.4 Å². The van der Waals surface area contributed by atoms with Crippen LogP contribution in [0.15, 0.2) is 64.0 Å². The third-order valence-electron chi connectivity index (χ3n) is 3.44. The maximum Gasteiger partial charge on any atom is 0.142 e. The molecule has 2 aromatic carbocycles. The average molecular weight is 354 g/mol. The van der Waals surface area contributed by atoms with Gasteiger partial charge in [0.1, 0.15) is 17.7 Å². The summed E-state index contributed by atoms with van der Waals surface area (Å²) < 4.78 is 8.49. The molecule has 0 unspecified atom stereocenters. The second-order valence-electron chi connectivity index (χ2n) is 5.23. The molecule has 5 heteroatoms. The first-order chi connectivity index (χ1) is 12.2. The quantitative estimate of drug-likeness (QED) is 0.508. The van der Waals surface area contributed by atoms with Crippen LogP contribution in [0.5, 0.6) is 0 Å². The number of nitrogens with one attached hydrogen (secondary N) is 1. The molecule has 3 rings (SSSR count). The van der Waals surface area contributed by atoms with E-state index in [-0.39, 0.29) is 0 Å². The van der Waals surface area contributed by atoms with Gasteiger partial charge in [0.15, 0.2) is 0 Å². The van der Waals surface area contributed by atoms with Crippen LogP contribution in [0.25, 0.3) is 22.4 Å². The molecule has 25 heavy (non-hydrogen) atoms. The maximum absolute atomic E-state index is 9.17. The largest absolute Gasteiger partial charge is 0.360 e. The molecule has 0 spiro atoms. The molecular formula is C20H22N2O2S. The number of hydrogen-bond donors (Lipinski definition) is 1. The molecular weight excluding hydrogens is 332 g/mol. The summed E-state index contributed by atoms with van der Waals surface area (Å²) >= 11 is 1.60. The molecule has 0 aliphatic heterocycles. The molecule has 0 aliphatic rings. The summed E-state index contributed by atoms with van der Waals surface area (Å²) in [6, 6.07) is 18.5. The van der Waals surface area contributed by atoms with Crippen LogP contribution in [0.3, 0.4) is 0 Å². The van der Waals surface area contributed by atoms with Crippen LogP contribution in [0.2, 0.25) is 0 Å². The Morgan fingerprint density at radius 1 is 1.08 bits per heavy atom. The Morgan fingerprint density at radius 2 is 1.72 bits per heavy atom. The van der Waals surface area contributed by atoms with Gasteiger partial charge in [-0.15, -0.1) is 0 Å². The van der Waals surface area contributed by atoms with Crippen LogP contribution in [0.1, 0.15) is 19.1 Å². The third-order valence-corrected chi connectivity index (χ3v) is 4.15. The molecule has 1 aromatic heterocycles. The van der Waals surface area contributed by atoms with E-state index >= 15 is 0 Å². The Morgan fingerprint density at radius 3 is 2.28 bits per heavy atom. The number of aldehydes is 1. The fraction of sp³-hybridized carbons (Fsp3) is 0.200.